The van der Waals surface area contributed by atoms with Gasteiger partial charge in [-0.05, 0) is 30.1 Å². The molecule has 0 unspecified atom stereocenters. The van der Waals surface area contributed by atoms with Gasteiger partial charge in [0.15, 0.2) is 0 Å². The van der Waals surface area contributed by atoms with Crippen LogP contribution in [0.1, 0.15) is 53.9 Å². The van der Waals surface area contributed by atoms with Gasteiger partial charge in [-0.1, -0.05) is 56.2 Å². The predicted molar refractivity (Wildman–Crippen MR) is 99.3 cm³/mol. The zero-order valence-electron chi connectivity index (χ0n) is 14.7. The highest BCUT2D eigenvalue weighted by atomic mass is 33.1. The molecule has 1 saturated heterocycles. The summed E-state index contributed by atoms with van der Waals surface area (Å²) in [5, 5.41) is 0. The van der Waals surface area contributed by atoms with Crippen molar-refractivity contribution in [1.29, 1.82) is 0 Å². The number of hydrogen-bond acceptors (Lipinski definition) is 4. The third-order valence-corrected chi connectivity index (χ3v) is 6.48. The molecule has 0 radical (unpaired) electrons. The molecule has 21 heavy (non-hydrogen) atoms. The topological polar surface area (TPSA) is 12.5 Å². The second-order valence-corrected chi connectivity index (χ2v) is 10.8. The van der Waals surface area contributed by atoms with Gasteiger partial charge in [-0.2, -0.15) is 0 Å². The summed E-state index contributed by atoms with van der Waals surface area (Å²) in [4.78, 5) is 2.52. The molecule has 1 fully saturated rings. The second kappa shape index (κ2) is 9.69. The molecule has 2 nitrogen and oxygen atoms in total. The molecule has 1 rings (SSSR count). The van der Waals surface area contributed by atoms with E-state index in [4.69, 9.17) is 4.74 Å². The maximum absolute atomic E-state index is 5.38. The van der Waals surface area contributed by atoms with Crippen LogP contribution in [0.3, 0.4) is 0 Å². The summed E-state index contributed by atoms with van der Waals surface area (Å²) in [6, 6.07) is 0. The average Bonchev–Trinajstić information content (AvgIpc) is 2.41. The lowest BCUT2D eigenvalue weighted by Crippen LogP contribution is -2.37. The minimum absolute atomic E-state index is 0.470. The van der Waals surface area contributed by atoms with Gasteiger partial charge in [-0.15, -0.1) is 0 Å². The fourth-order valence-corrected chi connectivity index (χ4v) is 4.65. The van der Waals surface area contributed by atoms with E-state index in [0.717, 1.165) is 26.3 Å². The van der Waals surface area contributed by atoms with Crippen molar-refractivity contribution in [1.82, 2.24) is 4.90 Å². The van der Waals surface area contributed by atoms with Gasteiger partial charge in [0, 0.05) is 31.1 Å². The Balaban J connectivity index is 1.99. The lowest BCUT2D eigenvalue weighted by atomic mass is 9.79. The maximum Gasteiger partial charge on any atom is 0.0594 e. The molecule has 0 spiro atoms. The number of hydrogen-bond donors (Lipinski definition) is 0. The monoisotopic (exact) mass is 333 g/mol. The van der Waals surface area contributed by atoms with Gasteiger partial charge < -0.3 is 4.74 Å². The van der Waals surface area contributed by atoms with Gasteiger partial charge in [0.1, 0.15) is 0 Å². The highest BCUT2D eigenvalue weighted by Crippen LogP contribution is 2.35. The predicted octanol–water partition coefficient (Wildman–Crippen LogP) is 4.94. The normalized spacial score (nSPS) is 18.1. The first-order chi connectivity index (χ1) is 9.79. The molecule has 0 aromatic carbocycles. The van der Waals surface area contributed by atoms with Gasteiger partial charge >= 0.3 is 0 Å². The first-order valence-electron chi connectivity index (χ1n) is 8.33. The zero-order chi connectivity index (χ0) is 15.8. The molecule has 1 aliphatic heterocycles. The molecular weight excluding hydrogens is 298 g/mol. The molecule has 1 heterocycles. The van der Waals surface area contributed by atoms with E-state index >= 15 is 0 Å². The van der Waals surface area contributed by atoms with Crippen LogP contribution in [0, 0.1) is 10.8 Å². The van der Waals surface area contributed by atoms with Crippen LogP contribution in [0.15, 0.2) is 0 Å². The highest BCUT2D eigenvalue weighted by Gasteiger charge is 2.21. The standard InChI is InChI=1S/C17H35NOS2/c1-16(2,3)6-7-17(4,5)8-14-20-21-15-11-18-9-12-19-13-10-18/h6-15H2,1-5H3. The van der Waals surface area contributed by atoms with E-state index in [-0.39, 0.29) is 0 Å². The number of ether oxygens (including phenoxy) is 1. The average molecular weight is 334 g/mol. The smallest absolute Gasteiger partial charge is 0.0594 e. The van der Waals surface area contributed by atoms with Gasteiger partial charge in [0.25, 0.3) is 0 Å². The van der Waals surface area contributed by atoms with Crippen LogP contribution < -0.4 is 0 Å². The Hall–Kier alpha value is 0.620. The van der Waals surface area contributed by atoms with Crippen LogP contribution in [0.4, 0.5) is 0 Å². The molecule has 0 amide bonds. The van der Waals surface area contributed by atoms with E-state index in [2.05, 4.69) is 50.3 Å². The first kappa shape index (κ1) is 19.7. The van der Waals surface area contributed by atoms with Crippen molar-refractivity contribution in [2.45, 2.75) is 53.9 Å². The fourth-order valence-electron chi connectivity index (χ4n) is 2.27. The number of rotatable bonds is 9. The Morgan fingerprint density at radius 1 is 0.857 bits per heavy atom. The maximum atomic E-state index is 5.38. The largest absolute Gasteiger partial charge is 0.379 e. The molecule has 1 aliphatic rings. The van der Waals surface area contributed by atoms with E-state index in [0.29, 0.717) is 10.8 Å². The number of nitrogens with zero attached hydrogens (tertiary/aromatic N) is 1. The second-order valence-electron chi connectivity index (χ2n) is 8.07. The summed E-state index contributed by atoms with van der Waals surface area (Å²) in [5.41, 5.74) is 0.961. The molecular formula is C17H35NOS2. The molecule has 4 heteroatoms. The minimum Gasteiger partial charge on any atom is -0.379 e. The van der Waals surface area contributed by atoms with E-state index < -0.39 is 0 Å². The van der Waals surface area contributed by atoms with E-state index in [1.165, 1.54) is 37.3 Å². The van der Waals surface area contributed by atoms with Crippen molar-refractivity contribution in [3.8, 4) is 0 Å². The SMILES string of the molecule is CC(C)(C)CCC(C)(C)CCSSCCN1CCOCC1. The first-order valence-corrected chi connectivity index (χ1v) is 10.8. The van der Waals surface area contributed by atoms with Crippen LogP contribution in [-0.2, 0) is 4.74 Å². The highest BCUT2D eigenvalue weighted by molar-refractivity contribution is 8.76. The summed E-state index contributed by atoms with van der Waals surface area (Å²) < 4.78 is 5.38. The van der Waals surface area contributed by atoms with Crippen molar-refractivity contribution in [3.63, 3.8) is 0 Å². The molecule has 0 bridgehead atoms. The summed E-state index contributed by atoms with van der Waals surface area (Å²) in [7, 11) is 4.11. The lowest BCUT2D eigenvalue weighted by Gasteiger charge is -2.29. The van der Waals surface area contributed by atoms with Crippen molar-refractivity contribution >= 4 is 21.6 Å². The minimum atomic E-state index is 0.470. The fraction of sp³-hybridized carbons (Fsp3) is 1.00. The van der Waals surface area contributed by atoms with E-state index in [1.807, 2.05) is 10.8 Å². The third-order valence-electron chi connectivity index (χ3n) is 4.09. The van der Waals surface area contributed by atoms with E-state index in [1.54, 1.807) is 0 Å². The summed E-state index contributed by atoms with van der Waals surface area (Å²) in [6.45, 7) is 17.2. The van der Waals surface area contributed by atoms with Gasteiger partial charge in [-0.25, -0.2) is 0 Å². The molecule has 0 aromatic rings. The molecule has 0 aromatic heterocycles. The van der Waals surface area contributed by atoms with Gasteiger partial charge in [-0.3, -0.25) is 4.90 Å². The summed E-state index contributed by atoms with van der Waals surface area (Å²) in [5.74, 6) is 2.53. The molecule has 0 saturated carbocycles. The Bertz CT molecular complexity index is 270. The Morgan fingerprint density at radius 3 is 2.10 bits per heavy atom. The lowest BCUT2D eigenvalue weighted by molar-refractivity contribution is 0.0410. The van der Waals surface area contributed by atoms with Crippen molar-refractivity contribution in [2.75, 3.05) is 44.4 Å². The van der Waals surface area contributed by atoms with E-state index in [9.17, 15) is 0 Å². The Morgan fingerprint density at radius 2 is 1.48 bits per heavy atom. The molecule has 0 N–H and O–H groups in total. The third kappa shape index (κ3) is 10.9. The zero-order valence-corrected chi connectivity index (χ0v) is 16.4. The van der Waals surface area contributed by atoms with Gasteiger partial charge in [0.05, 0.1) is 13.2 Å². The Kier molecular flexibility index (Phi) is 9.08. The Labute approximate surface area is 140 Å². The van der Waals surface area contributed by atoms with Crippen molar-refractivity contribution < 1.29 is 4.74 Å². The molecule has 0 atom stereocenters. The van der Waals surface area contributed by atoms with Gasteiger partial charge in [0.2, 0.25) is 0 Å². The quantitative estimate of drug-likeness (QED) is 0.437. The van der Waals surface area contributed by atoms with Crippen LogP contribution in [-0.4, -0.2) is 49.3 Å². The summed E-state index contributed by atoms with van der Waals surface area (Å²) >= 11 is 0. The van der Waals surface area contributed by atoms with Crippen LogP contribution in [0.25, 0.3) is 0 Å². The number of morpholine rings is 1. The molecule has 0 aliphatic carbocycles. The van der Waals surface area contributed by atoms with Crippen LogP contribution in [0.2, 0.25) is 0 Å². The molecule has 126 valence electrons. The van der Waals surface area contributed by atoms with Crippen molar-refractivity contribution in [3.05, 3.63) is 0 Å². The van der Waals surface area contributed by atoms with Crippen molar-refractivity contribution in [2.24, 2.45) is 10.8 Å². The summed E-state index contributed by atoms with van der Waals surface area (Å²) in [6.07, 6.45) is 4.00. The van der Waals surface area contributed by atoms with Crippen LogP contribution in [0.5, 0.6) is 0 Å². The van der Waals surface area contributed by atoms with Crippen LogP contribution >= 0.6 is 21.6 Å².